The predicted octanol–water partition coefficient (Wildman–Crippen LogP) is 4.86. The van der Waals surface area contributed by atoms with Gasteiger partial charge in [-0.05, 0) is 57.0 Å². The molecule has 31 heavy (non-hydrogen) atoms. The highest BCUT2D eigenvalue weighted by molar-refractivity contribution is 8.01. The monoisotopic (exact) mass is 458 g/mol. The largest absolute Gasteiger partial charge is 0.497 e. The Kier molecular flexibility index (Phi) is 6.94. The van der Waals surface area contributed by atoms with Crippen LogP contribution in [0.1, 0.15) is 34.6 Å². The van der Waals surface area contributed by atoms with Crippen molar-refractivity contribution in [1.82, 2.24) is 14.8 Å². The molecule has 1 atom stereocenters. The van der Waals surface area contributed by atoms with Gasteiger partial charge in [-0.3, -0.25) is 4.79 Å². The van der Waals surface area contributed by atoms with Crippen LogP contribution in [0.4, 0.5) is 10.8 Å². The number of nitrogens with zero attached hydrogens (tertiary/aromatic N) is 3. The van der Waals surface area contributed by atoms with E-state index in [4.69, 9.17) is 9.47 Å². The summed E-state index contributed by atoms with van der Waals surface area (Å²) in [5.41, 5.74) is 3.80. The number of hydrogen-bond acceptors (Lipinski definition) is 8. The summed E-state index contributed by atoms with van der Waals surface area (Å²) < 4.78 is 13.9. The third kappa shape index (κ3) is 5.28. The molecule has 0 bridgehead atoms. The summed E-state index contributed by atoms with van der Waals surface area (Å²) in [5, 5.41) is 12.3. The first-order chi connectivity index (χ1) is 15.0. The molecule has 1 unspecified atom stereocenters. The Bertz CT molecular complexity index is 1040. The lowest BCUT2D eigenvalue weighted by atomic mass is 10.2. The van der Waals surface area contributed by atoms with Gasteiger partial charge >= 0.3 is 0 Å². The number of benzene rings is 1. The highest BCUT2D eigenvalue weighted by Crippen LogP contribution is 2.29. The average Bonchev–Trinajstić information content (AvgIpc) is 3.51. The molecule has 2 aromatic heterocycles. The molecule has 0 radical (unpaired) electrons. The van der Waals surface area contributed by atoms with Crippen molar-refractivity contribution in [2.75, 3.05) is 24.8 Å². The van der Waals surface area contributed by atoms with Crippen LogP contribution in [0.15, 0.2) is 34.7 Å². The summed E-state index contributed by atoms with van der Waals surface area (Å²) in [6.07, 6.45) is 2.45. The van der Waals surface area contributed by atoms with Crippen molar-refractivity contribution in [2.24, 2.45) is 0 Å². The normalized spacial score (nSPS) is 15.9. The second-order valence-corrected chi connectivity index (χ2v) is 9.67. The van der Waals surface area contributed by atoms with Crippen LogP contribution in [-0.2, 0) is 11.3 Å². The van der Waals surface area contributed by atoms with Crippen LogP contribution >= 0.6 is 23.1 Å². The minimum absolute atomic E-state index is 0.108. The first kappa shape index (κ1) is 21.9. The number of rotatable bonds is 9. The van der Waals surface area contributed by atoms with Crippen LogP contribution in [0, 0.1) is 13.8 Å². The molecule has 4 rings (SSSR count). The molecule has 0 saturated carbocycles. The second kappa shape index (κ2) is 9.84. The van der Waals surface area contributed by atoms with E-state index < -0.39 is 0 Å². The predicted molar refractivity (Wildman–Crippen MR) is 124 cm³/mol. The van der Waals surface area contributed by atoms with Crippen molar-refractivity contribution >= 4 is 39.7 Å². The van der Waals surface area contributed by atoms with E-state index in [1.807, 2.05) is 44.2 Å². The van der Waals surface area contributed by atoms with E-state index in [9.17, 15) is 4.79 Å². The smallest absolute Gasteiger partial charge is 0.210 e. The summed E-state index contributed by atoms with van der Waals surface area (Å²) >= 11 is 2.85. The molecule has 1 N–H and O–H groups in total. The van der Waals surface area contributed by atoms with Gasteiger partial charge in [0.25, 0.3) is 0 Å². The summed E-state index contributed by atoms with van der Waals surface area (Å²) in [5.74, 6) is 1.24. The number of Topliss-reactive ketones (excluding diaryl/α,β-unsaturated/α-hetero) is 1. The fourth-order valence-electron chi connectivity index (χ4n) is 3.68. The van der Waals surface area contributed by atoms with E-state index >= 15 is 0 Å². The first-order valence-corrected chi connectivity index (χ1v) is 12.0. The first-order valence-electron chi connectivity index (χ1n) is 10.2. The number of carbonyl (C=O) groups excluding carboxylic acids is 1. The van der Waals surface area contributed by atoms with Gasteiger partial charge in [0.15, 0.2) is 10.1 Å². The van der Waals surface area contributed by atoms with Crippen LogP contribution < -0.4 is 10.1 Å². The molecule has 1 aromatic carbocycles. The Morgan fingerprint density at radius 2 is 2.13 bits per heavy atom. The van der Waals surface area contributed by atoms with E-state index in [1.165, 1.54) is 23.1 Å². The third-order valence-electron chi connectivity index (χ3n) is 5.36. The molecule has 3 heterocycles. The van der Waals surface area contributed by atoms with Crippen molar-refractivity contribution < 1.29 is 14.3 Å². The summed E-state index contributed by atoms with van der Waals surface area (Å²) in [6.45, 7) is 5.72. The van der Waals surface area contributed by atoms with Crippen LogP contribution in [-0.4, -0.2) is 46.1 Å². The Morgan fingerprint density at radius 3 is 2.84 bits per heavy atom. The number of ketones is 1. The number of ether oxygens (including phenoxy) is 2. The number of methoxy groups -OCH3 is 1. The number of nitrogens with one attached hydrogen (secondary N) is 1. The van der Waals surface area contributed by atoms with Gasteiger partial charge < -0.3 is 19.4 Å². The van der Waals surface area contributed by atoms with Crippen LogP contribution in [0.5, 0.6) is 5.75 Å². The van der Waals surface area contributed by atoms with Gasteiger partial charge in [0, 0.05) is 35.8 Å². The average molecular weight is 459 g/mol. The molecule has 9 heteroatoms. The lowest BCUT2D eigenvalue weighted by molar-refractivity contribution is 0.0957. The summed E-state index contributed by atoms with van der Waals surface area (Å²) in [7, 11) is 1.64. The van der Waals surface area contributed by atoms with Crippen molar-refractivity contribution in [3.8, 4) is 5.75 Å². The lowest BCUT2D eigenvalue weighted by Crippen LogP contribution is -2.17. The second-order valence-electron chi connectivity index (χ2n) is 7.47. The number of aryl methyl sites for hydroxylation is 1. The number of aromatic nitrogens is 3. The molecule has 0 spiro atoms. The molecule has 1 aliphatic rings. The Morgan fingerprint density at radius 1 is 1.32 bits per heavy atom. The van der Waals surface area contributed by atoms with E-state index in [2.05, 4.69) is 20.1 Å². The molecule has 164 valence electrons. The van der Waals surface area contributed by atoms with E-state index in [0.717, 1.165) is 58.7 Å². The summed E-state index contributed by atoms with van der Waals surface area (Å²) in [4.78, 5) is 12.9. The maximum absolute atomic E-state index is 12.9. The van der Waals surface area contributed by atoms with Gasteiger partial charge in [-0.1, -0.05) is 23.1 Å². The molecular weight excluding hydrogens is 432 g/mol. The SMILES string of the molecule is COc1ccc(Nc2nnc(SCC(=O)c3cc(C)n(CC4CCCO4)c3C)s2)cc1. The van der Waals surface area contributed by atoms with Crippen molar-refractivity contribution in [1.29, 1.82) is 0 Å². The molecule has 1 aliphatic heterocycles. The molecule has 3 aromatic rings. The van der Waals surface area contributed by atoms with E-state index in [-0.39, 0.29) is 11.9 Å². The molecular formula is C22H26N4O3S2. The topological polar surface area (TPSA) is 78.3 Å². The number of thioether (sulfide) groups is 1. The van der Waals surface area contributed by atoms with Crippen LogP contribution in [0.2, 0.25) is 0 Å². The highest BCUT2D eigenvalue weighted by atomic mass is 32.2. The van der Waals surface area contributed by atoms with Gasteiger partial charge in [0.1, 0.15) is 5.75 Å². The maximum atomic E-state index is 12.9. The van der Waals surface area contributed by atoms with Gasteiger partial charge in [0.05, 0.1) is 19.0 Å². The minimum atomic E-state index is 0.108. The maximum Gasteiger partial charge on any atom is 0.210 e. The molecule has 0 aliphatic carbocycles. The fourth-order valence-corrected chi connectivity index (χ4v) is 5.33. The summed E-state index contributed by atoms with van der Waals surface area (Å²) in [6, 6.07) is 9.59. The molecule has 7 nitrogen and oxygen atoms in total. The van der Waals surface area contributed by atoms with Crippen molar-refractivity contribution in [3.63, 3.8) is 0 Å². The number of anilines is 2. The number of hydrogen-bond donors (Lipinski definition) is 1. The van der Waals surface area contributed by atoms with Crippen LogP contribution in [0.25, 0.3) is 0 Å². The quantitative estimate of drug-likeness (QED) is 0.362. The van der Waals surface area contributed by atoms with Crippen molar-refractivity contribution in [2.45, 2.75) is 43.7 Å². The Balaban J connectivity index is 1.34. The zero-order valence-electron chi connectivity index (χ0n) is 17.9. The Labute approximate surface area is 190 Å². The number of carbonyl (C=O) groups is 1. The van der Waals surface area contributed by atoms with E-state index in [1.54, 1.807) is 7.11 Å². The molecule has 0 amide bonds. The van der Waals surface area contributed by atoms with E-state index in [0.29, 0.717) is 10.9 Å². The molecule has 1 saturated heterocycles. The van der Waals surface area contributed by atoms with Gasteiger partial charge in [0.2, 0.25) is 5.13 Å². The minimum Gasteiger partial charge on any atom is -0.497 e. The molecule has 1 fully saturated rings. The fraction of sp³-hybridized carbons (Fsp3) is 0.409. The van der Waals surface area contributed by atoms with Gasteiger partial charge in [-0.2, -0.15) is 0 Å². The van der Waals surface area contributed by atoms with Crippen molar-refractivity contribution in [3.05, 3.63) is 47.3 Å². The zero-order valence-corrected chi connectivity index (χ0v) is 19.5. The highest BCUT2D eigenvalue weighted by Gasteiger charge is 2.21. The lowest BCUT2D eigenvalue weighted by Gasteiger charge is -2.14. The van der Waals surface area contributed by atoms with Gasteiger partial charge in [-0.25, -0.2) is 0 Å². The Hall–Kier alpha value is -2.36. The van der Waals surface area contributed by atoms with Gasteiger partial charge in [-0.15, -0.1) is 10.2 Å². The van der Waals surface area contributed by atoms with Crippen LogP contribution in [0.3, 0.4) is 0 Å². The third-order valence-corrected chi connectivity index (χ3v) is 7.33. The standard InChI is InChI=1S/C22H26N4O3S2/c1-14-11-19(15(2)26(14)12-18-5-4-10-29-18)20(27)13-30-22-25-24-21(31-22)23-16-6-8-17(28-3)9-7-16/h6-9,11,18H,4-5,10,12-13H2,1-3H3,(H,23,24). The zero-order chi connectivity index (χ0) is 21.8.